The van der Waals surface area contributed by atoms with Gasteiger partial charge in [0.05, 0.1) is 13.1 Å². The van der Waals surface area contributed by atoms with Gasteiger partial charge in [-0.15, -0.1) is 32.0 Å². The van der Waals surface area contributed by atoms with Crippen molar-refractivity contribution in [2.24, 2.45) is 0 Å². The van der Waals surface area contributed by atoms with Crippen LogP contribution < -0.4 is 0 Å². The number of benzene rings is 2. The van der Waals surface area contributed by atoms with Crippen LogP contribution in [0.25, 0.3) is 22.8 Å². The zero-order chi connectivity index (χ0) is 32.3. The Hall–Kier alpha value is -3.54. The molecule has 12 heteroatoms. The lowest BCUT2D eigenvalue weighted by Gasteiger charge is -2.24. The SMILES string of the molecule is CC(C)(C)OC(=O)CN(CCF)Cc1ccc(-c2nnc(-c3ccc(CN(CCCl)CC(=O)OC(C)(C)C)cc3)nn2)cc1. The molecule has 1 aromatic heterocycles. The molecule has 0 amide bonds. The second-order valence-electron chi connectivity index (χ2n) is 12.4. The molecule has 0 saturated carbocycles. The molecule has 1 heterocycles. The Bertz CT molecular complexity index is 1240. The van der Waals surface area contributed by atoms with Crippen LogP contribution in [0.2, 0.25) is 0 Å². The second-order valence-corrected chi connectivity index (χ2v) is 12.8. The maximum absolute atomic E-state index is 13.1. The number of aromatic nitrogens is 4. The maximum atomic E-state index is 13.1. The fourth-order valence-electron chi connectivity index (χ4n) is 4.28. The Morgan fingerprint density at radius 2 is 1.05 bits per heavy atom. The Balaban J connectivity index is 1.61. The molecule has 3 rings (SSSR count). The smallest absolute Gasteiger partial charge is 0.320 e. The summed E-state index contributed by atoms with van der Waals surface area (Å²) >= 11 is 5.96. The molecular formula is C32H42ClFN6O4. The molecule has 0 aliphatic heterocycles. The summed E-state index contributed by atoms with van der Waals surface area (Å²) in [6, 6.07) is 15.1. The van der Waals surface area contributed by atoms with Crippen molar-refractivity contribution in [2.45, 2.75) is 65.8 Å². The van der Waals surface area contributed by atoms with E-state index < -0.39 is 23.8 Å². The number of nitrogens with zero attached hydrogens (tertiary/aromatic N) is 6. The number of esters is 2. The summed E-state index contributed by atoms with van der Waals surface area (Å²) in [7, 11) is 0. The van der Waals surface area contributed by atoms with Gasteiger partial charge >= 0.3 is 11.9 Å². The first-order chi connectivity index (χ1) is 20.7. The minimum Gasteiger partial charge on any atom is -0.459 e. The van der Waals surface area contributed by atoms with E-state index in [0.717, 1.165) is 22.3 Å². The molecule has 238 valence electrons. The first kappa shape index (κ1) is 34.9. The largest absolute Gasteiger partial charge is 0.459 e. The third kappa shape index (κ3) is 12.2. The monoisotopic (exact) mass is 628 g/mol. The van der Waals surface area contributed by atoms with Crippen molar-refractivity contribution in [3.63, 3.8) is 0 Å². The highest BCUT2D eigenvalue weighted by atomic mass is 35.5. The summed E-state index contributed by atoms with van der Waals surface area (Å²) in [4.78, 5) is 28.2. The van der Waals surface area contributed by atoms with Crippen LogP contribution in [0.1, 0.15) is 52.7 Å². The van der Waals surface area contributed by atoms with Crippen LogP contribution in [0, 0.1) is 0 Å². The van der Waals surface area contributed by atoms with Crippen LogP contribution in [0.15, 0.2) is 48.5 Å². The number of rotatable bonds is 14. The van der Waals surface area contributed by atoms with E-state index in [9.17, 15) is 14.0 Å². The molecule has 44 heavy (non-hydrogen) atoms. The molecule has 0 spiro atoms. The van der Waals surface area contributed by atoms with E-state index in [2.05, 4.69) is 20.4 Å². The molecule has 0 saturated heterocycles. The molecule has 2 aromatic carbocycles. The van der Waals surface area contributed by atoms with Gasteiger partial charge in [-0.2, -0.15) is 0 Å². The molecule has 0 bridgehead atoms. The molecule has 0 aliphatic rings. The number of ether oxygens (including phenoxy) is 2. The minimum absolute atomic E-state index is 0.0000914. The average molecular weight is 629 g/mol. The van der Waals surface area contributed by atoms with Gasteiger partial charge in [-0.05, 0) is 52.7 Å². The van der Waals surface area contributed by atoms with Crippen molar-refractivity contribution in [3.8, 4) is 22.8 Å². The Morgan fingerprint density at radius 3 is 1.36 bits per heavy atom. The predicted molar refractivity (Wildman–Crippen MR) is 167 cm³/mol. The summed E-state index contributed by atoms with van der Waals surface area (Å²) in [6.07, 6.45) is 0. The average Bonchev–Trinajstić information content (AvgIpc) is 2.92. The zero-order valence-electron chi connectivity index (χ0n) is 26.3. The van der Waals surface area contributed by atoms with Crippen molar-refractivity contribution in [3.05, 3.63) is 59.7 Å². The first-order valence-electron chi connectivity index (χ1n) is 14.5. The highest BCUT2D eigenvalue weighted by Gasteiger charge is 2.20. The molecule has 0 unspecified atom stereocenters. The van der Waals surface area contributed by atoms with Gasteiger partial charge in [-0.1, -0.05) is 48.5 Å². The maximum Gasteiger partial charge on any atom is 0.320 e. The number of carbonyl (C=O) groups excluding carboxylic acids is 2. The normalized spacial score (nSPS) is 12.0. The lowest BCUT2D eigenvalue weighted by molar-refractivity contribution is -0.157. The Labute approximate surface area is 263 Å². The first-order valence-corrected chi connectivity index (χ1v) is 15.0. The molecular weight excluding hydrogens is 587 g/mol. The van der Waals surface area contributed by atoms with Crippen LogP contribution in [-0.2, 0) is 32.2 Å². The van der Waals surface area contributed by atoms with Gasteiger partial charge in [-0.25, -0.2) is 4.39 Å². The predicted octanol–water partition coefficient (Wildman–Crippen LogP) is 5.10. The van der Waals surface area contributed by atoms with E-state index in [1.807, 2.05) is 74.2 Å². The van der Waals surface area contributed by atoms with Crippen molar-refractivity contribution in [2.75, 3.05) is 38.7 Å². The lowest BCUT2D eigenvalue weighted by Crippen LogP contribution is -2.35. The number of hydrogen-bond acceptors (Lipinski definition) is 10. The van der Waals surface area contributed by atoms with E-state index in [1.54, 1.807) is 25.7 Å². The van der Waals surface area contributed by atoms with Crippen LogP contribution >= 0.6 is 11.6 Å². The molecule has 3 aromatic rings. The van der Waals surface area contributed by atoms with Crippen molar-refractivity contribution >= 4 is 23.5 Å². The molecule has 0 aliphatic carbocycles. The van der Waals surface area contributed by atoms with Crippen molar-refractivity contribution in [1.29, 1.82) is 0 Å². The van der Waals surface area contributed by atoms with E-state index in [4.69, 9.17) is 21.1 Å². The zero-order valence-corrected chi connectivity index (χ0v) is 27.1. The number of hydrogen-bond donors (Lipinski definition) is 0. The Kier molecular flexibility index (Phi) is 12.7. The fourth-order valence-corrected chi connectivity index (χ4v) is 4.51. The third-order valence-corrected chi connectivity index (χ3v) is 6.23. The molecule has 0 radical (unpaired) electrons. The standard InChI is InChI=1S/C32H42ClFN6O4/c1-31(2,3)43-27(41)21-39(17-15-33)19-23-7-11-25(12-8-23)29-35-37-30(38-36-29)26-13-9-24(10-14-26)20-40(18-16-34)22-28(42)44-32(4,5)6/h7-14H,15-22H2,1-6H3. The fraction of sp³-hybridized carbons (Fsp3) is 0.500. The van der Waals surface area contributed by atoms with Gasteiger partial charge in [0.15, 0.2) is 0 Å². The number of alkyl halides is 2. The van der Waals surface area contributed by atoms with E-state index >= 15 is 0 Å². The third-order valence-electron chi connectivity index (χ3n) is 6.06. The van der Waals surface area contributed by atoms with Crippen molar-refractivity contribution in [1.82, 2.24) is 30.2 Å². The lowest BCUT2D eigenvalue weighted by atomic mass is 10.1. The summed E-state index contributed by atoms with van der Waals surface area (Å²) in [6.45, 7) is 12.1. The number of carbonyl (C=O) groups is 2. The summed E-state index contributed by atoms with van der Waals surface area (Å²) in [5.74, 6) is 0.454. The van der Waals surface area contributed by atoms with Gasteiger partial charge in [0.2, 0.25) is 11.6 Å². The quantitative estimate of drug-likeness (QED) is 0.177. The van der Waals surface area contributed by atoms with E-state index in [1.165, 1.54) is 0 Å². The van der Waals surface area contributed by atoms with Gasteiger partial charge in [0.1, 0.15) is 17.9 Å². The van der Waals surface area contributed by atoms with Gasteiger partial charge in [0.25, 0.3) is 0 Å². The highest BCUT2D eigenvalue weighted by Crippen LogP contribution is 2.19. The molecule has 0 N–H and O–H groups in total. The molecule has 0 atom stereocenters. The van der Waals surface area contributed by atoms with Crippen molar-refractivity contribution < 1.29 is 23.5 Å². The second kappa shape index (κ2) is 16.0. The summed E-state index contributed by atoms with van der Waals surface area (Å²) < 4.78 is 23.9. The van der Waals surface area contributed by atoms with Crippen LogP contribution in [0.5, 0.6) is 0 Å². The van der Waals surface area contributed by atoms with Crippen LogP contribution in [0.4, 0.5) is 4.39 Å². The molecule has 0 fully saturated rings. The van der Waals surface area contributed by atoms with Gasteiger partial charge < -0.3 is 9.47 Å². The van der Waals surface area contributed by atoms with Crippen LogP contribution in [0.3, 0.4) is 0 Å². The topological polar surface area (TPSA) is 111 Å². The summed E-state index contributed by atoms with van der Waals surface area (Å²) in [5.41, 5.74) is 2.23. The van der Waals surface area contributed by atoms with E-state index in [-0.39, 0.29) is 25.6 Å². The van der Waals surface area contributed by atoms with Crippen LogP contribution in [-0.4, -0.2) is 92.1 Å². The summed E-state index contributed by atoms with van der Waals surface area (Å²) in [5, 5.41) is 17.0. The number of halogens is 2. The van der Waals surface area contributed by atoms with E-state index in [0.29, 0.717) is 37.2 Å². The van der Waals surface area contributed by atoms with Gasteiger partial charge in [0, 0.05) is 43.2 Å². The van der Waals surface area contributed by atoms with Gasteiger partial charge in [-0.3, -0.25) is 19.4 Å². The highest BCUT2D eigenvalue weighted by molar-refractivity contribution is 6.18. The Morgan fingerprint density at radius 1 is 0.682 bits per heavy atom. The molecule has 10 nitrogen and oxygen atoms in total. The minimum atomic E-state index is -0.599.